The SMILES string of the molecule is CC(C)(C)S(=O)/N=C1/c2sccc2CC[C@H]1CO. The van der Waals surface area contributed by atoms with Crippen molar-refractivity contribution in [1.82, 2.24) is 0 Å². The van der Waals surface area contributed by atoms with Crippen molar-refractivity contribution >= 4 is 28.0 Å². The largest absolute Gasteiger partial charge is 0.396 e. The van der Waals surface area contributed by atoms with Crippen LogP contribution in [0.4, 0.5) is 0 Å². The highest BCUT2D eigenvalue weighted by Crippen LogP contribution is 2.31. The van der Waals surface area contributed by atoms with E-state index >= 15 is 0 Å². The second-order valence-electron chi connectivity index (χ2n) is 5.53. The van der Waals surface area contributed by atoms with Crippen LogP contribution in [0, 0.1) is 5.92 Å². The molecular formula is C13H19NO2S2. The van der Waals surface area contributed by atoms with Crippen LogP contribution in [0.3, 0.4) is 0 Å². The monoisotopic (exact) mass is 285 g/mol. The summed E-state index contributed by atoms with van der Waals surface area (Å²) in [6.07, 6.45) is 1.87. The molecule has 0 fully saturated rings. The highest BCUT2D eigenvalue weighted by molar-refractivity contribution is 7.85. The second kappa shape index (κ2) is 5.23. The molecule has 100 valence electrons. The molecule has 0 aliphatic heterocycles. The first-order valence-corrected chi connectivity index (χ1v) is 8.10. The number of rotatable bonds is 2. The standard InChI is InChI=1S/C13H19NO2S2/c1-13(2,3)18(16)14-11-10(8-15)5-4-9-6-7-17-12(9)11/h6-7,10,15H,4-5,8H2,1-3H3/b14-11+/t10-,18?/m0/s1. The number of thiophene rings is 1. The highest BCUT2D eigenvalue weighted by Gasteiger charge is 2.28. The highest BCUT2D eigenvalue weighted by atomic mass is 32.2. The molecule has 0 saturated heterocycles. The molecular weight excluding hydrogens is 266 g/mol. The van der Waals surface area contributed by atoms with E-state index in [2.05, 4.69) is 10.5 Å². The van der Waals surface area contributed by atoms with E-state index in [1.54, 1.807) is 11.3 Å². The summed E-state index contributed by atoms with van der Waals surface area (Å²) >= 11 is 1.63. The van der Waals surface area contributed by atoms with Gasteiger partial charge in [-0.15, -0.1) is 11.3 Å². The summed E-state index contributed by atoms with van der Waals surface area (Å²) in [5.74, 6) is 0.0300. The number of aliphatic hydroxyl groups excluding tert-OH is 1. The molecule has 0 amide bonds. The Morgan fingerprint density at radius 1 is 1.56 bits per heavy atom. The van der Waals surface area contributed by atoms with Gasteiger partial charge in [0.1, 0.15) is 11.0 Å². The van der Waals surface area contributed by atoms with Crippen LogP contribution in [0.2, 0.25) is 0 Å². The van der Waals surface area contributed by atoms with Crippen LogP contribution in [0.15, 0.2) is 15.8 Å². The summed E-state index contributed by atoms with van der Waals surface area (Å²) in [4.78, 5) is 1.11. The van der Waals surface area contributed by atoms with Gasteiger partial charge in [-0.05, 0) is 50.6 Å². The van der Waals surface area contributed by atoms with Gasteiger partial charge in [-0.25, -0.2) is 4.21 Å². The van der Waals surface area contributed by atoms with Gasteiger partial charge in [0.05, 0.1) is 21.9 Å². The van der Waals surface area contributed by atoms with Crippen molar-refractivity contribution in [3.8, 4) is 0 Å². The average molecular weight is 285 g/mol. The third-order valence-electron chi connectivity index (χ3n) is 3.05. The van der Waals surface area contributed by atoms with Gasteiger partial charge in [-0.1, -0.05) is 0 Å². The third kappa shape index (κ3) is 2.73. The van der Waals surface area contributed by atoms with Crippen molar-refractivity contribution in [3.63, 3.8) is 0 Å². The summed E-state index contributed by atoms with van der Waals surface area (Å²) in [7, 11) is -1.27. The van der Waals surface area contributed by atoms with Gasteiger partial charge in [-0.2, -0.15) is 4.40 Å². The molecule has 1 aromatic heterocycles. The fourth-order valence-electron chi connectivity index (χ4n) is 1.93. The summed E-state index contributed by atoms with van der Waals surface area (Å²) in [5, 5.41) is 11.5. The summed E-state index contributed by atoms with van der Waals surface area (Å²) in [6.45, 7) is 5.83. The summed E-state index contributed by atoms with van der Waals surface area (Å²) in [6, 6.07) is 2.10. The Morgan fingerprint density at radius 3 is 2.89 bits per heavy atom. The Kier molecular flexibility index (Phi) is 4.04. The number of nitrogens with zero attached hydrogens (tertiary/aromatic N) is 1. The van der Waals surface area contributed by atoms with E-state index in [1.165, 1.54) is 5.56 Å². The zero-order valence-corrected chi connectivity index (χ0v) is 12.6. The predicted molar refractivity (Wildman–Crippen MR) is 77.6 cm³/mol. The van der Waals surface area contributed by atoms with Gasteiger partial charge in [0, 0.05) is 5.92 Å². The number of aryl methyl sites for hydroxylation is 1. The minimum absolute atomic E-state index is 0.0300. The first-order chi connectivity index (χ1) is 8.43. The molecule has 0 radical (unpaired) electrons. The molecule has 5 heteroatoms. The van der Waals surface area contributed by atoms with Gasteiger partial charge < -0.3 is 5.11 Å². The maximum Gasteiger partial charge on any atom is 0.145 e. The summed E-state index contributed by atoms with van der Waals surface area (Å²) < 4.78 is 16.2. The van der Waals surface area contributed by atoms with Crippen LogP contribution < -0.4 is 0 Å². The van der Waals surface area contributed by atoms with Gasteiger partial charge >= 0.3 is 0 Å². The van der Waals surface area contributed by atoms with E-state index in [0.717, 1.165) is 23.4 Å². The van der Waals surface area contributed by atoms with E-state index < -0.39 is 11.0 Å². The first-order valence-electron chi connectivity index (χ1n) is 6.11. The zero-order chi connectivity index (χ0) is 13.3. The Balaban J connectivity index is 2.41. The van der Waals surface area contributed by atoms with Crippen molar-refractivity contribution in [2.75, 3.05) is 6.61 Å². The maximum atomic E-state index is 12.2. The molecule has 0 spiro atoms. The fraction of sp³-hybridized carbons (Fsp3) is 0.615. The zero-order valence-electron chi connectivity index (χ0n) is 11.0. The minimum atomic E-state index is -1.27. The topological polar surface area (TPSA) is 49.7 Å². The second-order valence-corrected chi connectivity index (χ2v) is 8.35. The van der Waals surface area contributed by atoms with E-state index in [-0.39, 0.29) is 17.3 Å². The van der Waals surface area contributed by atoms with Gasteiger partial charge in [-0.3, -0.25) is 0 Å². The van der Waals surface area contributed by atoms with Gasteiger partial charge in [0.25, 0.3) is 0 Å². The van der Waals surface area contributed by atoms with Crippen molar-refractivity contribution in [2.45, 2.75) is 38.4 Å². The first kappa shape index (κ1) is 13.9. The lowest BCUT2D eigenvalue weighted by Crippen LogP contribution is -2.28. The Morgan fingerprint density at radius 2 is 2.28 bits per heavy atom. The van der Waals surface area contributed by atoms with Gasteiger partial charge in [0.15, 0.2) is 0 Å². The molecule has 1 unspecified atom stereocenters. The average Bonchev–Trinajstić information content (AvgIpc) is 2.76. The van der Waals surface area contributed by atoms with Crippen LogP contribution in [-0.4, -0.2) is 26.4 Å². The summed E-state index contributed by atoms with van der Waals surface area (Å²) in [5.41, 5.74) is 2.11. The van der Waals surface area contributed by atoms with Crippen LogP contribution in [0.1, 0.15) is 37.6 Å². The Hall–Kier alpha value is -0.520. The van der Waals surface area contributed by atoms with Crippen molar-refractivity contribution in [3.05, 3.63) is 21.9 Å². The molecule has 0 aromatic carbocycles. The quantitative estimate of drug-likeness (QED) is 0.908. The molecule has 1 heterocycles. The van der Waals surface area contributed by atoms with E-state index in [9.17, 15) is 9.32 Å². The van der Waals surface area contributed by atoms with Crippen molar-refractivity contribution < 1.29 is 9.32 Å². The fourth-order valence-corrected chi connectivity index (χ4v) is 3.70. The number of fused-ring (bicyclic) bond motifs is 1. The lowest BCUT2D eigenvalue weighted by molar-refractivity contribution is 0.254. The number of aliphatic hydroxyl groups is 1. The lowest BCUT2D eigenvalue weighted by Gasteiger charge is -2.23. The van der Waals surface area contributed by atoms with E-state index in [0.29, 0.717) is 0 Å². The molecule has 18 heavy (non-hydrogen) atoms. The molecule has 1 N–H and O–H groups in total. The van der Waals surface area contributed by atoms with Crippen LogP contribution in [0.25, 0.3) is 0 Å². The van der Waals surface area contributed by atoms with Crippen LogP contribution in [-0.2, 0) is 17.4 Å². The Labute approximate surface area is 115 Å². The predicted octanol–water partition coefficient (Wildman–Crippen LogP) is 2.55. The molecule has 1 aliphatic rings. The van der Waals surface area contributed by atoms with Crippen LogP contribution in [0.5, 0.6) is 0 Å². The van der Waals surface area contributed by atoms with Gasteiger partial charge in [0.2, 0.25) is 0 Å². The maximum absolute atomic E-state index is 12.2. The molecule has 2 atom stereocenters. The molecule has 2 rings (SSSR count). The normalized spacial score (nSPS) is 24.0. The molecule has 1 aliphatic carbocycles. The molecule has 0 saturated carbocycles. The van der Waals surface area contributed by atoms with Crippen molar-refractivity contribution in [2.24, 2.45) is 10.3 Å². The number of hydrogen-bond acceptors (Lipinski definition) is 3. The van der Waals surface area contributed by atoms with Crippen LogP contribution >= 0.6 is 11.3 Å². The third-order valence-corrected chi connectivity index (χ3v) is 5.44. The molecule has 3 nitrogen and oxygen atoms in total. The van der Waals surface area contributed by atoms with E-state index in [1.807, 2.05) is 26.2 Å². The smallest absolute Gasteiger partial charge is 0.145 e. The number of hydrogen-bond donors (Lipinski definition) is 1. The molecule has 1 aromatic rings. The van der Waals surface area contributed by atoms with Crippen molar-refractivity contribution in [1.29, 1.82) is 0 Å². The lowest BCUT2D eigenvalue weighted by atomic mass is 9.88. The Bertz CT molecular complexity index is 485. The van der Waals surface area contributed by atoms with E-state index in [4.69, 9.17) is 0 Å². The molecule has 0 bridgehead atoms. The minimum Gasteiger partial charge on any atom is -0.396 e.